The molecule has 0 radical (unpaired) electrons. The van der Waals surface area contributed by atoms with Crippen molar-refractivity contribution in [1.29, 1.82) is 0 Å². The quantitative estimate of drug-likeness (QED) is 0.225. The van der Waals surface area contributed by atoms with E-state index in [9.17, 15) is 19.5 Å². The summed E-state index contributed by atoms with van der Waals surface area (Å²) < 4.78 is 12.7. The SMILES string of the molecule is O=C(CC(CCn1nnc2ccccc2c1=O)C(=O)O)c1cc2cc(OCCc3ccc(Cl)cc3)ccc2o1. The number of aliphatic carboxylic acids is 1. The van der Waals surface area contributed by atoms with Crippen LogP contribution in [-0.4, -0.2) is 38.5 Å². The number of furan rings is 1. The van der Waals surface area contributed by atoms with Crippen LogP contribution in [0, 0.1) is 5.92 Å². The number of carbonyl (C=O) groups excluding carboxylic acids is 1. The highest BCUT2D eigenvalue weighted by molar-refractivity contribution is 6.30. The van der Waals surface area contributed by atoms with Crippen LogP contribution in [0.5, 0.6) is 5.75 Å². The number of halogens is 1. The minimum Gasteiger partial charge on any atom is -0.493 e. The van der Waals surface area contributed by atoms with Gasteiger partial charge in [-0.2, -0.15) is 0 Å². The van der Waals surface area contributed by atoms with Crippen molar-refractivity contribution >= 4 is 45.2 Å². The lowest BCUT2D eigenvalue weighted by atomic mass is 9.98. The number of aryl methyl sites for hydroxylation is 1. The Kier molecular flexibility index (Phi) is 7.69. The number of hydrogen-bond acceptors (Lipinski definition) is 7. The molecule has 2 aromatic heterocycles. The standard InChI is InChI=1S/C29H24ClN3O6/c30-21-7-5-18(6-8-21)12-14-38-22-9-10-26-20(15-22)17-27(39-26)25(34)16-19(29(36)37)11-13-33-28(35)23-3-1-2-4-24(23)31-32-33/h1-10,15,17,19H,11-14,16H2,(H,36,37). The van der Waals surface area contributed by atoms with E-state index in [-0.39, 0.29) is 30.7 Å². The van der Waals surface area contributed by atoms with Crippen molar-refractivity contribution in [2.75, 3.05) is 6.61 Å². The number of rotatable bonds is 11. The molecule has 1 unspecified atom stereocenters. The Labute approximate surface area is 227 Å². The minimum atomic E-state index is -1.14. The van der Waals surface area contributed by atoms with Crippen molar-refractivity contribution in [2.45, 2.75) is 25.8 Å². The van der Waals surface area contributed by atoms with Gasteiger partial charge in [0, 0.05) is 29.8 Å². The molecular weight excluding hydrogens is 522 g/mol. The van der Waals surface area contributed by atoms with Crippen molar-refractivity contribution in [1.82, 2.24) is 15.0 Å². The van der Waals surface area contributed by atoms with Gasteiger partial charge in [0.25, 0.3) is 5.56 Å². The molecule has 5 aromatic rings. The van der Waals surface area contributed by atoms with E-state index in [1.807, 2.05) is 24.3 Å². The fraction of sp³-hybridized carbons (Fsp3) is 0.207. The lowest BCUT2D eigenvalue weighted by molar-refractivity contribution is -0.142. The fourth-order valence-corrected chi connectivity index (χ4v) is 4.40. The summed E-state index contributed by atoms with van der Waals surface area (Å²) in [4.78, 5) is 37.5. The Morgan fingerprint density at radius 3 is 2.64 bits per heavy atom. The van der Waals surface area contributed by atoms with Crippen LogP contribution >= 0.6 is 11.6 Å². The number of Topliss-reactive ketones (excluding diaryl/α,β-unsaturated/α-hetero) is 1. The lowest BCUT2D eigenvalue weighted by Crippen LogP contribution is -2.27. The van der Waals surface area contributed by atoms with Crippen molar-refractivity contribution in [2.24, 2.45) is 5.92 Å². The van der Waals surface area contributed by atoms with Crippen LogP contribution in [0.2, 0.25) is 5.02 Å². The summed E-state index contributed by atoms with van der Waals surface area (Å²) in [5, 5.41) is 19.4. The van der Waals surface area contributed by atoms with Crippen LogP contribution in [0.1, 0.15) is 29.0 Å². The highest BCUT2D eigenvalue weighted by Crippen LogP contribution is 2.26. The Bertz CT molecular complexity index is 1710. The fourth-order valence-electron chi connectivity index (χ4n) is 4.27. The number of ether oxygens (including phenoxy) is 1. The Morgan fingerprint density at radius 2 is 1.85 bits per heavy atom. The second kappa shape index (κ2) is 11.5. The van der Waals surface area contributed by atoms with Gasteiger partial charge in [-0.15, -0.1) is 5.10 Å². The zero-order chi connectivity index (χ0) is 27.4. The van der Waals surface area contributed by atoms with E-state index < -0.39 is 17.7 Å². The second-order valence-electron chi connectivity index (χ2n) is 9.12. The lowest BCUT2D eigenvalue weighted by Gasteiger charge is -2.11. The first-order valence-electron chi connectivity index (χ1n) is 12.4. The molecule has 39 heavy (non-hydrogen) atoms. The smallest absolute Gasteiger partial charge is 0.307 e. The van der Waals surface area contributed by atoms with Crippen LogP contribution in [0.15, 0.2) is 82.0 Å². The van der Waals surface area contributed by atoms with E-state index in [0.29, 0.717) is 45.7 Å². The molecule has 0 bridgehead atoms. The van der Waals surface area contributed by atoms with Crippen LogP contribution in [0.4, 0.5) is 0 Å². The maximum atomic E-state index is 12.9. The highest BCUT2D eigenvalue weighted by atomic mass is 35.5. The monoisotopic (exact) mass is 545 g/mol. The molecule has 9 nitrogen and oxygen atoms in total. The predicted octanol–water partition coefficient (Wildman–Crippen LogP) is 5.18. The molecule has 5 rings (SSSR count). The molecule has 0 fully saturated rings. The molecule has 1 N–H and O–H groups in total. The van der Waals surface area contributed by atoms with Crippen molar-refractivity contribution < 1.29 is 23.8 Å². The Hall–Kier alpha value is -4.50. The van der Waals surface area contributed by atoms with Crippen LogP contribution < -0.4 is 10.3 Å². The van der Waals surface area contributed by atoms with Crippen molar-refractivity contribution in [3.05, 3.63) is 99.5 Å². The highest BCUT2D eigenvalue weighted by Gasteiger charge is 2.24. The molecule has 0 saturated heterocycles. The number of nitrogens with zero attached hydrogens (tertiary/aromatic N) is 3. The largest absolute Gasteiger partial charge is 0.493 e. The van der Waals surface area contributed by atoms with Gasteiger partial charge in [0.1, 0.15) is 16.8 Å². The Balaban J connectivity index is 1.22. The van der Waals surface area contributed by atoms with E-state index in [1.54, 1.807) is 48.5 Å². The summed E-state index contributed by atoms with van der Waals surface area (Å²) in [5.74, 6) is -1.92. The molecule has 0 aliphatic carbocycles. The average Bonchev–Trinajstić information content (AvgIpc) is 3.37. The van der Waals surface area contributed by atoms with Gasteiger partial charge < -0.3 is 14.3 Å². The van der Waals surface area contributed by atoms with Gasteiger partial charge in [-0.05, 0) is 60.5 Å². The molecule has 10 heteroatoms. The van der Waals surface area contributed by atoms with Gasteiger partial charge in [-0.3, -0.25) is 14.4 Å². The summed E-state index contributed by atoms with van der Waals surface area (Å²) in [5.41, 5.74) is 1.69. The number of aromatic nitrogens is 3. The maximum absolute atomic E-state index is 12.9. The third-order valence-corrected chi connectivity index (χ3v) is 6.69. The summed E-state index contributed by atoms with van der Waals surface area (Å²) in [6.07, 6.45) is 0.451. The molecule has 2 heterocycles. The van der Waals surface area contributed by atoms with E-state index >= 15 is 0 Å². The normalized spacial score (nSPS) is 12.0. The van der Waals surface area contributed by atoms with Crippen LogP contribution in [0.3, 0.4) is 0 Å². The van der Waals surface area contributed by atoms with E-state index in [1.165, 1.54) is 0 Å². The van der Waals surface area contributed by atoms with E-state index in [4.69, 9.17) is 20.8 Å². The molecular formula is C29H24ClN3O6. The summed E-state index contributed by atoms with van der Waals surface area (Å²) in [7, 11) is 0. The minimum absolute atomic E-state index is 0.0117. The summed E-state index contributed by atoms with van der Waals surface area (Å²) >= 11 is 5.92. The van der Waals surface area contributed by atoms with Gasteiger partial charge in [-0.25, -0.2) is 4.68 Å². The zero-order valence-electron chi connectivity index (χ0n) is 20.7. The summed E-state index contributed by atoms with van der Waals surface area (Å²) in [6.45, 7) is 0.472. The van der Waals surface area contributed by atoms with Gasteiger partial charge >= 0.3 is 5.97 Å². The molecule has 0 aliphatic heterocycles. The number of carbonyl (C=O) groups is 2. The van der Waals surface area contributed by atoms with Crippen LogP contribution in [0.25, 0.3) is 21.9 Å². The first-order valence-corrected chi connectivity index (χ1v) is 12.7. The number of hydrogen-bond donors (Lipinski definition) is 1. The molecule has 0 spiro atoms. The van der Waals surface area contributed by atoms with Gasteiger partial charge in [0.15, 0.2) is 11.5 Å². The van der Waals surface area contributed by atoms with Crippen molar-refractivity contribution in [3.63, 3.8) is 0 Å². The third kappa shape index (κ3) is 6.15. The zero-order valence-corrected chi connectivity index (χ0v) is 21.5. The van der Waals surface area contributed by atoms with E-state index in [2.05, 4.69) is 10.3 Å². The predicted molar refractivity (Wildman–Crippen MR) is 145 cm³/mol. The van der Waals surface area contributed by atoms with Gasteiger partial charge in [0.05, 0.1) is 17.9 Å². The average molecular weight is 546 g/mol. The topological polar surface area (TPSA) is 125 Å². The number of carboxylic acids is 1. The van der Waals surface area contributed by atoms with E-state index in [0.717, 1.165) is 10.2 Å². The molecule has 0 saturated carbocycles. The molecule has 0 aliphatic rings. The number of carboxylic acid groups (broad SMARTS) is 1. The van der Waals surface area contributed by atoms with Gasteiger partial charge in [-0.1, -0.05) is 41.1 Å². The first-order chi connectivity index (χ1) is 18.9. The second-order valence-corrected chi connectivity index (χ2v) is 9.56. The number of benzene rings is 3. The first kappa shape index (κ1) is 26.1. The van der Waals surface area contributed by atoms with Gasteiger partial charge in [0.2, 0.25) is 0 Å². The third-order valence-electron chi connectivity index (χ3n) is 6.44. The number of ketones is 1. The Morgan fingerprint density at radius 1 is 1.05 bits per heavy atom. The van der Waals surface area contributed by atoms with Crippen molar-refractivity contribution in [3.8, 4) is 5.75 Å². The molecule has 0 amide bonds. The summed E-state index contributed by atoms with van der Waals surface area (Å²) in [6, 6.07) is 21.2. The maximum Gasteiger partial charge on any atom is 0.307 e. The molecule has 3 aromatic carbocycles. The molecule has 198 valence electrons. The molecule has 1 atom stereocenters. The number of fused-ring (bicyclic) bond motifs is 2. The van der Waals surface area contributed by atoms with Crippen LogP contribution in [-0.2, 0) is 17.8 Å².